The minimum atomic E-state index is -3.87. The van der Waals surface area contributed by atoms with Crippen LogP contribution in [0, 0.1) is 6.92 Å². The van der Waals surface area contributed by atoms with Crippen LogP contribution in [0.3, 0.4) is 0 Å². The van der Waals surface area contributed by atoms with Crippen molar-refractivity contribution in [1.29, 1.82) is 0 Å². The highest BCUT2D eigenvalue weighted by Crippen LogP contribution is 2.32. The highest BCUT2D eigenvalue weighted by atomic mass is 32.2. The van der Waals surface area contributed by atoms with Crippen LogP contribution in [-0.4, -0.2) is 67.0 Å². The van der Waals surface area contributed by atoms with Gasteiger partial charge in [-0.3, -0.25) is 0 Å². The average Bonchev–Trinajstić information content (AvgIpc) is 2.83. The third-order valence-corrected chi connectivity index (χ3v) is 8.21. The Labute approximate surface area is 143 Å². The molecule has 1 fully saturated rings. The standard InChI is InChI=1S/C15H23NO6S2/c1-11-4-5-13(22-3)14(8-11)24(19,20)15-10-23(17,18)9-12(15)16-6-7-21-2/h4-5,8,12,15-16H,6-7,9-10H2,1-3H3/t12-,15-/m1/s1. The number of hydrogen-bond donors (Lipinski definition) is 1. The molecule has 1 saturated heterocycles. The lowest BCUT2D eigenvalue weighted by Crippen LogP contribution is -2.44. The fourth-order valence-electron chi connectivity index (χ4n) is 2.83. The molecule has 0 amide bonds. The summed E-state index contributed by atoms with van der Waals surface area (Å²) in [5.74, 6) is -0.369. The van der Waals surface area contributed by atoms with Crippen LogP contribution in [0.1, 0.15) is 5.56 Å². The van der Waals surface area contributed by atoms with Gasteiger partial charge in [-0.2, -0.15) is 0 Å². The van der Waals surface area contributed by atoms with Crippen molar-refractivity contribution in [3.63, 3.8) is 0 Å². The van der Waals surface area contributed by atoms with E-state index < -0.39 is 36.7 Å². The van der Waals surface area contributed by atoms with Gasteiger partial charge in [-0.1, -0.05) is 6.07 Å². The first-order valence-corrected chi connectivity index (χ1v) is 10.9. The van der Waals surface area contributed by atoms with E-state index in [1.54, 1.807) is 19.1 Å². The zero-order valence-corrected chi connectivity index (χ0v) is 15.6. The monoisotopic (exact) mass is 377 g/mol. The van der Waals surface area contributed by atoms with E-state index in [0.29, 0.717) is 13.2 Å². The van der Waals surface area contributed by atoms with Crippen molar-refractivity contribution < 1.29 is 26.3 Å². The van der Waals surface area contributed by atoms with Crippen LogP contribution in [0.4, 0.5) is 0 Å². The highest BCUT2D eigenvalue weighted by Gasteiger charge is 2.46. The lowest BCUT2D eigenvalue weighted by molar-refractivity contribution is 0.196. The molecule has 0 unspecified atom stereocenters. The zero-order valence-electron chi connectivity index (χ0n) is 14.0. The second-order valence-corrected chi connectivity index (χ2v) is 10.2. The maximum Gasteiger partial charge on any atom is 0.187 e. The van der Waals surface area contributed by atoms with Crippen LogP contribution in [0.25, 0.3) is 0 Å². The lowest BCUT2D eigenvalue weighted by atomic mass is 10.2. The summed E-state index contributed by atoms with van der Waals surface area (Å²) in [6, 6.07) is 4.18. The zero-order chi connectivity index (χ0) is 18.0. The number of benzene rings is 1. The molecule has 1 aliphatic heterocycles. The van der Waals surface area contributed by atoms with E-state index in [9.17, 15) is 16.8 Å². The van der Waals surface area contributed by atoms with Crippen molar-refractivity contribution in [2.24, 2.45) is 0 Å². The summed E-state index contributed by atoms with van der Waals surface area (Å²) in [6.45, 7) is 2.53. The van der Waals surface area contributed by atoms with Gasteiger partial charge in [0.15, 0.2) is 19.7 Å². The fraction of sp³-hybridized carbons (Fsp3) is 0.600. The molecule has 1 heterocycles. The van der Waals surface area contributed by atoms with Crippen molar-refractivity contribution in [2.75, 3.05) is 38.9 Å². The molecule has 1 N–H and O–H groups in total. The highest BCUT2D eigenvalue weighted by molar-refractivity contribution is 7.96. The molecule has 2 atom stereocenters. The molecule has 0 spiro atoms. The molecular formula is C15H23NO6S2. The quantitative estimate of drug-likeness (QED) is 0.677. The van der Waals surface area contributed by atoms with E-state index in [1.807, 2.05) is 0 Å². The predicted molar refractivity (Wildman–Crippen MR) is 91.0 cm³/mol. The third-order valence-electron chi connectivity index (χ3n) is 4.04. The molecular weight excluding hydrogens is 354 g/mol. The number of aryl methyl sites for hydroxylation is 1. The van der Waals surface area contributed by atoms with Crippen molar-refractivity contribution in [2.45, 2.75) is 23.1 Å². The third kappa shape index (κ3) is 4.08. The van der Waals surface area contributed by atoms with Gasteiger partial charge in [0.1, 0.15) is 10.6 Å². The molecule has 1 aliphatic rings. The van der Waals surface area contributed by atoms with Gasteiger partial charge in [0, 0.05) is 19.7 Å². The fourth-order valence-corrected chi connectivity index (χ4v) is 7.79. The molecule has 1 aromatic carbocycles. The number of methoxy groups -OCH3 is 2. The summed E-state index contributed by atoms with van der Waals surface area (Å²) < 4.78 is 60.3. The van der Waals surface area contributed by atoms with Gasteiger partial charge in [-0.05, 0) is 24.6 Å². The van der Waals surface area contributed by atoms with Crippen LogP contribution in [0.2, 0.25) is 0 Å². The minimum absolute atomic E-state index is 0.0330. The number of ether oxygens (including phenoxy) is 2. The van der Waals surface area contributed by atoms with E-state index in [0.717, 1.165) is 5.56 Å². The van der Waals surface area contributed by atoms with Gasteiger partial charge < -0.3 is 14.8 Å². The van der Waals surface area contributed by atoms with E-state index >= 15 is 0 Å². The van der Waals surface area contributed by atoms with Crippen LogP contribution in [0.5, 0.6) is 5.75 Å². The van der Waals surface area contributed by atoms with E-state index in [-0.39, 0.29) is 16.4 Å². The number of rotatable bonds is 7. The molecule has 0 radical (unpaired) electrons. The molecule has 1 aromatic rings. The number of sulfone groups is 2. The summed E-state index contributed by atoms with van der Waals surface area (Å²) in [7, 11) is -4.38. The molecule has 7 nitrogen and oxygen atoms in total. The Morgan fingerprint density at radius 3 is 2.58 bits per heavy atom. The van der Waals surface area contributed by atoms with Crippen LogP contribution < -0.4 is 10.1 Å². The lowest BCUT2D eigenvalue weighted by Gasteiger charge is -2.21. The summed E-state index contributed by atoms with van der Waals surface area (Å²) in [5, 5.41) is 1.95. The molecule has 2 rings (SSSR count). The second-order valence-electron chi connectivity index (χ2n) is 5.87. The van der Waals surface area contributed by atoms with Gasteiger partial charge >= 0.3 is 0 Å². The first kappa shape index (κ1) is 19.2. The SMILES string of the molecule is COCCN[C@@H]1CS(=O)(=O)C[C@H]1S(=O)(=O)c1cc(C)ccc1OC. The first-order valence-electron chi connectivity index (χ1n) is 7.52. The topological polar surface area (TPSA) is 98.8 Å². The molecule has 0 bridgehead atoms. The van der Waals surface area contributed by atoms with Gasteiger partial charge in [0.05, 0.1) is 30.5 Å². The number of nitrogens with one attached hydrogen (secondary N) is 1. The van der Waals surface area contributed by atoms with Crippen molar-refractivity contribution in [3.05, 3.63) is 23.8 Å². The maximum atomic E-state index is 13.1. The predicted octanol–water partition coefficient (Wildman–Crippen LogP) is 0.179. The summed E-state index contributed by atoms with van der Waals surface area (Å²) in [4.78, 5) is 0.0330. The Bertz CT molecular complexity index is 788. The van der Waals surface area contributed by atoms with Crippen molar-refractivity contribution in [3.8, 4) is 5.75 Å². The average molecular weight is 377 g/mol. The van der Waals surface area contributed by atoms with Gasteiger partial charge in [0.2, 0.25) is 0 Å². The van der Waals surface area contributed by atoms with Crippen LogP contribution in [-0.2, 0) is 24.4 Å². The summed E-state index contributed by atoms with van der Waals surface area (Å²) in [5.41, 5.74) is 0.763. The van der Waals surface area contributed by atoms with Gasteiger partial charge in [0.25, 0.3) is 0 Å². The van der Waals surface area contributed by atoms with Crippen LogP contribution >= 0.6 is 0 Å². The Morgan fingerprint density at radius 2 is 1.96 bits per heavy atom. The molecule has 0 aliphatic carbocycles. The van der Waals surface area contributed by atoms with Gasteiger partial charge in [-0.15, -0.1) is 0 Å². The Hall–Kier alpha value is -1.16. The van der Waals surface area contributed by atoms with E-state index in [2.05, 4.69) is 5.32 Å². The molecule has 9 heteroatoms. The molecule has 0 aromatic heterocycles. The summed E-state index contributed by atoms with van der Waals surface area (Å²) >= 11 is 0. The first-order chi connectivity index (χ1) is 11.2. The summed E-state index contributed by atoms with van der Waals surface area (Å²) in [6.07, 6.45) is 0. The molecule has 136 valence electrons. The Kier molecular flexibility index (Phi) is 5.90. The van der Waals surface area contributed by atoms with E-state index in [1.165, 1.54) is 20.3 Å². The van der Waals surface area contributed by atoms with Gasteiger partial charge in [-0.25, -0.2) is 16.8 Å². The van der Waals surface area contributed by atoms with Crippen molar-refractivity contribution in [1.82, 2.24) is 5.32 Å². The maximum absolute atomic E-state index is 13.1. The van der Waals surface area contributed by atoms with Crippen LogP contribution in [0.15, 0.2) is 23.1 Å². The van der Waals surface area contributed by atoms with Crippen molar-refractivity contribution >= 4 is 19.7 Å². The molecule has 0 saturated carbocycles. The largest absolute Gasteiger partial charge is 0.495 e. The smallest absolute Gasteiger partial charge is 0.187 e. The Balaban J connectivity index is 2.40. The minimum Gasteiger partial charge on any atom is -0.495 e. The molecule has 24 heavy (non-hydrogen) atoms. The Morgan fingerprint density at radius 1 is 1.25 bits per heavy atom. The normalized spacial score (nSPS) is 23.3. The number of hydrogen-bond acceptors (Lipinski definition) is 7. The second kappa shape index (κ2) is 7.38. The van der Waals surface area contributed by atoms with E-state index in [4.69, 9.17) is 9.47 Å².